The Morgan fingerprint density at radius 1 is 0.422 bits per heavy atom. The summed E-state index contributed by atoms with van der Waals surface area (Å²) in [5.74, 6) is 2.93. The van der Waals surface area contributed by atoms with E-state index < -0.39 is 0 Å². The Kier molecular flexibility index (Phi) is 14.1. The molecule has 2 amide bonds. The van der Waals surface area contributed by atoms with Crippen molar-refractivity contribution in [3.63, 3.8) is 0 Å². The zero-order valence-electron chi connectivity index (χ0n) is 25.6. The van der Waals surface area contributed by atoms with Crippen molar-refractivity contribution in [1.29, 1.82) is 0 Å². The second kappa shape index (κ2) is 19.3. The molecule has 0 aromatic heterocycles. The van der Waals surface area contributed by atoms with Gasteiger partial charge >= 0.3 is 0 Å². The van der Waals surface area contributed by atoms with Gasteiger partial charge in [-0.25, -0.2) is 0 Å². The van der Waals surface area contributed by atoms with Crippen molar-refractivity contribution in [2.75, 3.05) is 37.1 Å². The minimum absolute atomic E-state index is 0.0196. The molecule has 0 fully saturated rings. The van der Waals surface area contributed by atoms with Gasteiger partial charge in [0.15, 0.2) is 0 Å². The lowest BCUT2D eigenvalue weighted by Gasteiger charge is -2.10. The van der Waals surface area contributed by atoms with Crippen LogP contribution in [0.3, 0.4) is 0 Å². The number of benzene rings is 4. The van der Waals surface area contributed by atoms with Gasteiger partial charge in [-0.15, -0.1) is 0 Å². The van der Waals surface area contributed by atoms with Gasteiger partial charge in [-0.2, -0.15) is 0 Å². The molecule has 0 bridgehead atoms. The van der Waals surface area contributed by atoms with Gasteiger partial charge in [0.1, 0.15) is 49.4 Å². The SMILES string of the molecule is O=C(CCCCCCCC(=O)Nc1cccc(OCCOc2ccccc2)c1)Nc1cccc(OCCOc2ccccc2)c1. The number of amides is 2. The number of anilines is 2. The first-order valence-corrected chi connectivity index (χ1v) is 15.6. The van der Waals surface area contributed by atoms with Crippen LogP contribution in [0.4, 0.5) is 11.4 Å². The summed E-state index contributed by atoms with van der Waals surface area (Å²) in [7, 11) is 0. The van der Waals surface area contributed by atoms with E-state index in [-0.39, 0.29) is 11.8 Å². The van der Waals surface area contributed by atoms with Crippen molar-refractivity contribution in [1.82, 2.24) is 0 Å². The van der Waals surface area contributed by atoms with Crippen LogP contribution in [0, 0.1) is 0 Å². The molecule has 0 unspecified atom stereocenters. The largest absolute Gasteiger partial charge is 0.490 e. The van der Waals surface area contributed by atoms with Crippen LogP contribution in [0.5, 0.6) is 23.0 Å². The topological polar surface area (TPSA) is 95.1 Å². The Morgan fingerprint density at radius 3 is 1.20 bits per heavy atom. The predicted octanol–water partition coefficient (Wildman–Crippen LogP) is 7.91. The van der Waals surface area contributed by atoms with Crippen LogP contribution < -0.4 is 29.6 Å². The molecule has 4 aromatic carbocycles. The first-order chi connectivity index (χ1) is 22.1. The molecule has 8 heteroatoms. The number of para-hydroxylation sites is 2. The van der Waals surface area contributed by atoms with E-state index in [2.05, 4.69) is 10.6 Å². The average Bonchev–Trinajstić information content (AvgIpc) is 3.06. The summed E-state index contributed by atoms with van der Waals surface area (Å²) in [6.07, 6.45) is 5.35. The summed E-state index contributed by atoms with van der Waals surface area (Å²) < 4.78 is 22.8. The van der Waals surface area contributed by atoms with Gasteiger partial charge in [-0.3, -0.25) is 9.59 Å². The van der Waals surface area contributed by atoms with Crippen LogP contribution in [0.1, 0.15) is 44.9 Å². The monoisotopic (exact) mass is 610 g/mol. The molecular formula is C37H42N2O6. The maximum Gasteiger partial charge on any atom is 0.224 e. The van der Waals surface area contributed by atoms with Gasteiger partial charge in [0.25, 0.3) is 0 Å². The van der Waals surface area contributed by atoms with Crippen molar-refractivity contribution in [2.45, 2.75) is 44.9 Å². The minimum Gasteiger partial charge on any atom is -0.490 e. The van der Waals surface area contributed by atoms with Gasteiger partial charge in [-0.1, -0.05) is 67.8 Å². The zero-order valence-corrected chi connectivity index (χ0v) is 25.6. The Morgan fingerprint density at radius 2 is 0.778 bits per heavy atom. The smallest absolute Gasteiger partial charge is 0.224 e. The van der Waals surface area contributed by atoms with Crippen molar-refractivity contribution in [2.24, 2.45) is 0 Å². The van der Waals surface area contributed by atoms with Gasteiger partial charge in [-0.05, 0) is 61.4 Å². The van der Waals surface area contributed by atoms with Crippen LogP contribution in [0.25, 0.3) is 0 Å². The highest BCUT2D eigenvalue weighted by Gasteiger charge is 2.06. The Balaban J connectivity index is 1.01. The molecule has 0 radical (unpaired) electrons. The Labute approximate surface area is 265 Å². The van der Waals surface area contributed by atoms with Crippen LogP contribution in [-0.2, 0) is 9.59 Å². The number of hydrogen-bond acceptors (Lipinski definition) is 6. The van der Waals surface area contributed by atoms with E-state index in [9.17, 15) is 9.59 Å². The Hall–Kier alpha value is -4.98. The number of carbonyl (C=O) groups excluding carboxylic acids is 2. The van der Waals surface area contributed by atoms with E-state index in [1.54, 1.807) is 0 Å². The summed E-state index contributed by atoms with van der Waals surface area (Å²) in [5, 5.41) is 5.89. The number of ether oxygens (including phenoxy) is 4. The lowest BCUT2D eigenvalue weighted by atomic mass is 10.1. The fraction of sp³-hybridized carbons (Fsp3) is 0.297. The lowest BCUT2D eigenvalue weighted by molar-refractivity contribution is -0.117. The van der Waals surface area contributed by atoms with Crippen molar-refractivity contribution >= 4 is 23.2 Å². The second-order valence-corrected chi connectivity index (χ2v) is 10.4. The van der Waals surface area contributed by atoms with E-state index in [1.165, 1.54) is 0 Å². The van der Waals surface area contributed by atoms with Crippen LogP contribution in [0.2, 0.25) is 0 Å². The van der Waals surface area contributed by atoms with E-state index >= 15 is 0 Å². The minimum atomic E-state index is -0.0196. The fourth-order valence-corrected chi connectivity index (χ4v) is 4.55. The third kappa shape index (κ3) is 13.5. The first kappa shape index (κ1) is 32.9. The highest BCUT2D eigenvalue weighted by Crippen LogP contribution is 2.20. The quantitative estimate of drug-likeness (QED) is 0.0988. The summed E-state index contributed by atoms with van der Waals surface area (Å²) in [4.78, 5) is 24.8. The molecule has 4 rings (SSSR count). The molecule has 4 aromatic rings. The summed E-state index contributed by atoms with van der Waals surface area (Å²) in [6.45, 7) is 1.67. The highest BCUT2D eigenvalue weighted by atomic mass is 16.5. The first-order valence-electron chi connectivity index (χ1n) is 15.6. The van der Waals surface area contributed by atoms with Gasteiger partial charge in [0, 0.05) is 36.3 Å². The average molecular weight is 611 g/mol. The number of rotatable bonds is 20. The molecule has 2 N–H and O–H groups in total. The maximum atomic E-state index is 12.4. The molecule has 0 spiro atoms. The van der Waals surface area contributed by atoms with Crippen molar-refractivity contribution in [3.05, 3.63) is 109 Å². The summed E-state index contributed by atoms with van der Waals surface area (Å²) in [5.41, 5.74) is 1.42. The summed E-state index contributed by atoms with van der Waals surface area (Å²) in [6, 6.07) is 33.9. The maximum absolute atomic E-state index is 12.4. The molecule has 236 valence electrons. The Bertz CT molecular complexity index is 1320. The second-order valence-electron chi connectivity index (χ2n) is 10.4. The zero-order chi connectivity index (χ0) is 31.4. The molecule has 45 heavy (non-hydrogen) atoms. The van der Waals surface area contributed by atoms with Crippen LogP contribution >= 0.6 is 0 Å². The predicted molar refractivity (Wildman–Crippen MR) is 177 cm³/mol. The van der Waals surface area contributed by atoms with Gasteiger partial charge < -0.3 is 29.6 Å². The molecule has 0 saturated heterocycles. The van der Waals surface area contributed by atoms with Crippen LogP contribution in [0.15, 0.2) is 109 Å². The van der Waals surface area contributed by atoms with Crippen LogP contribution in [-0.4, -0.2) is 38.2 Å². The summed E-state index contributed by atoms with van der Waals surface area (Å²) >= 11 is 0. The number of nitrogens with one attached hydrogen (secondary N) is 2. The fourth-order valence-electron chi connectivity index (χ4n) is 4.55. The van der Waals surface area contributed by atoms with Gasteiger partial charge in [0.05, 0.1) is 0 Å². The van der Waals surface area contributed by atoms with E-state index in [4.69, 9.17) is 18.9 Å². The lowest BCUT2D eigenvalue weighted by Crippen LogP contribution is -2.12. The van der Waals surface area contributed by atoms with Gasteiger partial charge in [0.2, 0.25) is 11.8 Å². The third-order valence-electron chi connectivity index (χ3n) is 6.77. The highest BCUT2D eigenvalue weighted by molar-refractivity contribution is 5.91. The van der Waals surface area contributed by atoms with E-state index in [0.29, 0.717) is 62.1 Å². The van der Waals surface area contributed by atoms with E-state index in [1.807, 2.05) is 109 Å². The third-order valence-corrected chi connectivity index (χ3v) is 6.77. The number of unbranched alkanes of at least 4 members (excludes halogenated alkanes) is 4. The number of hydrogen-bond donors (Lipinski definition) is 2. The number of carbonyl (C=O) groups is 2. The molecule has 0 aliphatic carbocycles. The van der Waals surface area contributed by atoms with Crippen molar-refractivity contribution in [3.8, 4) is 23.0 Å². The molecule has 8 nitrogen and oxygen atoms in total. The molecule has 0 saturated carbocycles. The standard InChI is InChI=1S/C37H42N2O6/c40-36(38-30-14-12-20-34(28-30)44-26-24-42-32-16-6-4-7-17-32)22-10-2-1-3-11-23-37(41)39-31-15-13-21-35(29-31)45-27-25-43-33-18-8-5-9-19-33/h4-9,12-21,28-29H,1-3,10-11,22-27H2,(H,38,40)(H,39,41). The normalized spacial score (nSPS) is 10.5. The molecular weight excluding hydrogens is 568 g/mol. The molecule has 0 aliphatic rings. The molecule has 0 aliphatic heterocycles. The van der Waals surface area contributed by atoms with E-state index in [0.717, 1.165) is 43.6 Å². The molecule has 0 atom stereocenters. The molecule has 0 heterocycles. The van der Waals surface area contributed by atoms with Crippen molar-refractivity contribution < 1.29 is 28.5 Å².